The number of aliphatic hydroxyl groups excluding tert-OH is 1. The highest BCUT2D eigenvalue weighted by Gasteiger charge is 2.18. The van der Waals surface area contributed by atoms with Crippen LogP contribution in [-0.4, -0.2) is 17.6 Å². The van der Waals surface area contributed by atoms with Crippen LogP contribution in [0.2, 0.25) is 5.02 Å². The van der Waals surface area contributed by atoms with E-state index in [2.05, 4.69) is 10.6 Å². The predicted molar refractivity (Wildman–Crippen MR) is 85.6 cm³/mol. The Labute approximate surface area is 128 Å². The predicted octanol–water partition coefficient (Wildman–Crippen LogP) is 3.44. The molecule has 2 aromatic rings. The summed E-state index contributed by atoms with van der Waals surface area (Å²) in [6, 6.07) is 14.0. The van der Waals surface area contributed by atoms with Crippen LogP contribution in [0.15, 0.2) is 48.5 Å². The highest BCUT2D eigenvalue weighted by molar-refractivity contribution is 6.31. The van der Waals surface area contributed by atoms with Crippen molar-refractivity contribution in [3.8, 4) is 0 Å². The zero-order valence-electron chi connectivity index (χ0n) is 11.6. The van der Waals surface area contributed by atoms with Crippen LogP contribution in [-0.2, 0) is 4.79 Å². The van der Waals surface area contributed by atoms with E-state index in [9.17, 15) is 9.90 Å². The maximum absolute atomic E-state index is 12.1. The van der Waals surface area contributed by atoms with E-state index in [1.54, 1.807) is 42.5 Å². The smallest absolute Gasteiger partial charge is 0.257 e. The lowest BCUT2D eigenvalue weighted by Crippen LogP contribution is -2.21. The van der Waals surface area contributed by atoms with Crippen molar-refractivity contribution in [2.45, 2.75) is 13.0 Å². The Kier molecular flexibility index (Phi) is 5.20. The first-order chi connectivity index (χ1) is 10.1. The molecule has 2 aromatic carbocycles. The van der Waals surface area contributed by atoms with Gasteiger partial charge in [-0.15, -0.1) is 0 Å². The first-order valence-corrected chi connectivity index (χ1v) is 7.07. The number of carbonyl (C=O) groups is 1. The molecule has 1 amide bonds. The van der Waals surface area contributed by atoms with Gasteiger partial charge in [-0.05, 0) is 30.7 Å². The molecule has 0 bridgehead atoms. The highest BCUT2D eigenvalue weighted by atomic mass is 35.5. The van der Waals surface area contributed by atoms with Gasteiger partial charge in [0.15, 0.2) is 6.10 Å². The Bertz CT molecular complexity index is 617. The monoisotopic (exact) mass is 304 g/mol. The summed E-state index contributed by atoms with van der Waals surface area (Å²) in [7, 11) is 0. The van der Waals surface area contributed by atoms with Gasteiger partial charge in [-0.25, -0.2) is 0 Å². The minimum atomic E-state index is -1.22. The maximum atomic E-state index is 12.1. The third-order valence-corrected chi connectivity index (χ3v) is 3.21. The van der Waals surface area contributed by atoms with E-state index >= 15 is 0 Å². The Morgan fingerprint density at radius 1 is 1.19 bits per heavy atom. The van der Waals surface area contributed by atoms with E-state index in [1.165, 1.54) is 0 Å². The maximum Gasteiger partial charge on any atom is 0.257 e. The molecular formula is C16H17ClN2O2. The summed E-state index contributed by atoms with van der Waals surface area (Å²) in [5, 5.41) is 16.4. The number of hydrogen-bond acceptors (Lipinski definition) is 3. The second kappa shape index (κ2) is 7.11. The minimum absolute atomic E-state index is 0.498. The fraction of sp³-hybridized carbons (Fsp3) is 0.188. The van der Waals surface area contributed by atoms with Crippen LogP contribution in [0.25, 0.3) is 0 Å². The summed E-state index contributed by atoms with van der Waals surface area (Å²) in [5.74, 6) is -0.498. The molecule has 0 radical (unpaired) electrons. The number of nitrogens with one attached hydrogen (secondary N) is 2. The minimum Gasteiger partial charge on any atom is -0.384 e. The van der Waals surface area contributed by atoms with Crippen LogP contribution in [0.5, 0.6) is 0 Å². The van der Waals surface area contributed by atoms with Crippen molar-refractivity contribution >= 4 is 28.9 Å². The summed E-state index contributed by atoms with van der Waals surface area (Å²) in [5.41, 5.74) is 1.85. The molecule has 0 heterocycles. The summed E-state index contributed by atoms with van der Waals surface area (Å²) in [6.07, 6.45) is -1.22. The first-order valence-electron chi connectivity index (χ1n) is 6.69. The van der Waals surface area contributed by atoms with Crippen molar-refractivity contribution in [2.24, 2.45) is 0 Å². The largest absolute Gasteiger partial charge is 0.384 e. The lowest BCUT2D eigenvalue weighted by Gasteiger charge is -2.15. The molecule has 0 aliphatic carbocycles. The lowest BCUT2D eigenvalue weighted by molar-refractivity contribution is -0.124. The van der Waals surface area contributed by atoms with Crippen LogP contribution in [0.3, 0.4) is 0 Å². The Morgan fingerprint density at radius 2 is 1.90 bits per heavy atom. The zero-order valence-corrected chi connectivity index (χ0v) is 12.4. The molecule has 0 fully saturated rings. The van der Waals surface area contributed by atoms with Gasteiger partial charge >= 0.3 is 0 Å². The Hall–Kier alpha value is -2.04. The molecule has 0 aliphatic heterocycles. The number of anilines is 2. The van der Waals surface area contributed by atoms with E-state index in [0.29, 0.717) is 22.8 Å². The van der Waals surface area contributed by atoms with Crippen molar-refractivity contribution < 1.29 is 9.90 Å². The highest BCUT2D eigenvalue weighted by Crippen LogP contribution is 2.27. The molecule has 1 atom stereocenters. The zero-order chi connectivity index (χ0) is 15.2. The lowest BCUT2D eigenvalue weighted by atomic mass is 10.1. The van der Waals surface area contributed by atoms with Gasteiger partial charge in [0.2, 0.25) is 0 Å². The summed E-state index contributed by atoms with van der Waals surface area (Å²) < 4.78 is 0. The van der Waals surface area contributed by atoms with Crippen molar-refractivity contribution in [3.05, 3.63) is 59.1 Å². The normalized spacial score (nSPS) is 11.8. The second-order valence-corrected chi connectivity index (χ2v) is 4.96. The van der Waals surface area contributed by atoms with Gasteiger partial charge in [-0.3, -0.25) is 4.79 Å². The number of hydrogen-bond donors (Lipinski definition) is 3. The number of halogens is 1. The number of carbonyl (C=O) groups excluding carboxylic acids is 1. The molecule has 110 valence electrons. The number of rotatable bonds is 5. The molecule has 0 saturated heterocycles. The summed E-state index contributed by atoms with van der Waals surface area (Å²) in [4.78, 5) is 12.1. The van der Waals surface area contributed by atoms with E-state index in [-0.39, 0.29) is 0 Å². The molecule has 0 saturated carbocycles. The molecule has 5 heteroatoms. The van der Waals surface area contributed by atoms with Crippen molar-refractivity contribution in [1.29, 1.82) is 0 Å². The Morgan fingerprint density at radius 3 is 2.57 bits per heavy atom. The van der Waals surface area contributed by atoms with Crippen LogP contribution < -0.4 is 10.6 Å². The molecule has 0 aliphatic rings. The van der Waals surface area contributed by atoms with Crippen LogP contribution in [0.1, 0.15) is 18.6 Å². The van der Waals surface area contributed by atoms with E-state index < -0.39 is 12.0 Å². The SMILES string of the molecule is CCNc1ccc(Cl)cc1NC(=O)C(O)c1ccccc1. The molecule has 0 aromatic heterocycles. The van der Waals surface area contributed by atoms with E-state index in [4.69, 9.17) is 11.6 Å². The third kappa shape index (κ3) is 3.97. The number of aliphatic hydroxyl groups is 1. The molecule has 21 heavy (non-hydrogen) atoms. The quantitative estimate of drug-likeness (QED) is 0.793. The molecule has 0 spiro atoms. The molecule has 1 unspecified atom stereocenters. The average Bonchev–Trinajstić information content (AvgIpc) is 2.50. The van der Waals surface area contributed by atoms with E-state index in [0.717, 1.165) is 5.69 Å². The third-order valence-electron chi connectivity index (χ3n) is 2.97. The van der Waals surface area contributed by atoms with Gasteiger partial charge in [-0.2, -0.15) is 0 Å². The van der Waals surface area contributed by atoms with Crippen molar-refractivity contribution in [1.82, 2.24) is 0 Å². The van der Waals surface area contributed by atoms with Gasteiger partial charge in [0.05, 0.1) is 11.4 Å². The fourth-order valence-electron chi connectivity index (χ4n) is 1.95. The second-order valence-electron chi connectivity index (χ2n) is 4.52. The van der Waals surface area contributed by atoms with Gasteiger partial charge in [0.1, 0.15) is 0 Å². The van der Waals surface area contributed by atoms with Gasteiger partial charge < -0.3 is 15.7 Å². The first kappa shape index (κ1) is 15.4. The van der Waals surface area contributed by atoms with Crippen molar-refractivity contribution in [2.75, 3.05) is 17.2 Å². The molecular weight excluding hydrogens is 288 g/mol. The number of amides is 1. The molecule has 4 nitrogen and oxygen atoms in total. The Balaban J connectivity index is 2.17. The topological polar surface area (TPSA) is 61.4 Å². The van der Waals surface area contributed by atoms with Crippen molar-refractivity contribution in [3.63, 3.8) is 0 Å². The average molecular weight is 305 g/mol. The van der Waals surface area contributed by atoms with Gasteiger partial charge in [0, 0.05) is 11.6 Å². The van der Waals surface area contributed by atoms with Gasteiger partial charge in [-0.1, -0.05) is 41.9 Å². The number of benzene rings is 2. The molecule has 3 N–H and O–H groups in total. The van der Waals surface area contributed by atoms with Crippen LogP contribution >= 0.6 is 11.6 Å². The van der Waals surface area contributed by atoms with Gasteiger partial charge in [0.25, 0.3) is 5.91 Å². The summed E-state index contributed by atoms with van der Waals surface area (Å²) >= 11 is 5.96. The summed E-state index contributed by atoms with van der Waals surface area (Å²) in [6.45, 7) is 2.67. The fourth-order valence-corrected chi connectivity index (χ4v) is 2.12. The van der Waals surface area contributed by atoms with Crippen LogP contribution in [0.4, 0.5) is 11.4 Å². The van der Waals surface area contributed by atoms with Crippen LogP contribution in [0, 0.1) is 0 Å². The standard InChI is InChI=1S/C16H17ClN2O2/c1-2-18-13-9-8-12(17)10-14(13)19-16(21)15(20)11-6-4-3-5-7-11/h3-10,15,18,20H,2H2,1H3,(H,19,21). The molecule has 2 rings (SSSR count). The van der Waals surface area contributed by atoms with E-state index in [1.807, 2.05) is 13.0 Å².